The van der Waals surface area contributed by atoms with Gasteiger partial charge in [0, 0.05) is 33.5 Å². The van der Waals surface area contributed by atoms with Crippen molar-refractivity contribution in [3.8, 4) is 22.3 Å². The molecule has 2 nitrogen and oxygen atoms in total. The van der Waals surface area contributed by atoms with Crippen molar-refractivity contribution in [3.63, 3.8) is 0 Å². The van der Waals surface area contributed by atoms with E-state index in [9.17, 15) is 0 Å². The Morgan fingerprint density at radius 2 is 0.519 bits per heavy atom. The van der Waals surface area contributed by atoms with Crippen molar-refractivity contribution in [3.05, 3.63) is 218 Å². The van der Waals surface area contributed by atoms with Gasteiger partial charge in [-0.1, -0.05) is 158 Å². The summed E-state index contributed by atoms with van der Waals surface area (Å²) >= 11 is 0. The van der Waals surface area contributed by atoms with Crippen molar-refractivity contribution < 1.29 is 0 Å². The van der Waals surface area contributed by atoms with Gasteiger partial charge in [-0.05, 0) is 104 Å². The fraction of sp³-hybridized carbons (Fsp3) is 0. The monoisotopic (exact) mass is 688 g/mol. The van der Waals surface area contributed by atoms with Crippen molar-refractivity contribution in [1.82, 2.24) is 0 Å². The zero-order valence-electron chi connectivity index (χ0n) is 29.7. The smallest absolute Gasteiger partial charge is 0.0540 e. The van der Waals surface area contributed by atoms with Crippen LogP contribution in [0.3, 0.4) is 0 Å². The van der Waals surface area contributed by atoms with E-state index in [4.69, 9.17) is 0 Å². The highest BCUT2D eigenvalue weighted by molar-refractivity contribution is 6.28. The molecule has 0 aliphatic heterocycles. The van der Waals surface area contributed by atoms with E-state index in [1.165, 1.54) is 54.6 Å². The maximum atomic E-state index is 2.39. The molecule has 0 saturated heterocycles. The van der Waals surface area contributed by atoms with Crippen LogP contribution >= 0.6 is 0 Å². The lowest BCUT2D eigenvalue weighted by atomic mass is 9.91. The van der Waals surface area contributed by atoms with Crippen LogP contribution in [-0.4, -0.2) is 0 Å². The molecule has 10 rings (SSSR count). The van der Waals surface area contributed by atoms with Gasteiger partial charge in [-0.3, -0.25) is 0 Å². The van der Waals surface area contributed by atoms with Gasteiger partial charge in [-0.25, -0.2) is 0 Å². The molecule has 54 heavy (non-hydrogen) atoms. The standard InChI is InChI=1S/C52H36N2/c1-5-13-37(14-6-1)39-21-29-45(30-22-39)53(43-17-9-3-10-18-43)49-35-27-41-26-34-48-50(36-28-42-25-33-47(49)51(41)52(42)48)54(44-19-11-4-12-20-44)46-31-23-40(24-32-46)38-15-7-2-8-16-38/h1-36H. The fourth-order valence-corrected chi connectivity index (χ4v) is 8.04. The predicted octanol–water partition coefficient (Wildman–Crippen LogP) is 14.9. The molecule has 0 spiro atoms. The lowest BCUT2D eigenvalue weighted by molar-refractivity contribution is 1.30. The van der Waals surface area contributed by atoms with Gasteiger partial charge in [-0.2, -0.15) is 0 Å². The van der Waals surface area contributed by atoms with Gasteiger partial charge < -0.3 is 9.80 Å². The minimum atomic E-state index is 1.12. The average Bonchev–Trinajstić information content (AvgIpc) is 3.26. The molecule has 254 valence electrons. The van der Waals surface area contributed by atoms with Crippen LogP contribution in [0.25, 0.3) is 54.6 Å². The summed E-state index contributed by atoms with van der Waals surface area (Å²) in [4.78, 5) is 4.79. The number of hydrogen-bond donors (Lipinski definition) is 0. The number of anilines is 6. The second-order valence-corrected chi connectivity index (χ2v) is 13.8. The molecule has 0 bridgehead atoms. The normalized spacial score (nSPS) is 11.3. The second kappa shape index (κ2) is 13.4. The Hall–Kier alpha value is -7.16. The van der Waals surface area contributed by atoms with Crippen molar-refractivity contribution in [2.24, 2.45) is 0 Å². The third-order valence-electron chi connectivity index (χ3n) is 10.6. The molecule has 10 aromatic rings. The molecular formula is C52H36N2. The predicted molar refractivity (Wildman–Crippen MR) is 230 cm³/mol. The number of nitrogens with zero attached hydrogens (tertiary/aromatic N) is 2. The molecule has 0 radical (unpaired) electrons. The summed E-state index contributed by atoms with van der Waals surface area (Å²) in [5, 5.41) is 7.46. The molecule has 0 aliphatic rings. The molecule has 0 heterocycles. The highest BCUT2D eigenvalue weighted by atomic mass is 15.1. The van der Waals surface area contributed by atoms with Crippen LogP contribution in [0, 0.1) is 0 Å². The van der Waals surface area contributed by atoms with Gasteiger partial charge in [0.25, 0.3) is 0 Å². The average molecular weight is 689 g/mol. The Morgan fingerprint density at radius 1 is 0.222 bits per heavy atom. The van der Waals surface area contributed by atoms with Crippen molar-refractivity contribution in [1.29, 1.82) is 0 Å². The molecule has 0 unspecified atom stereocenters. The molecule has 0 saturated carbocycles. The van der Waals surface area contributed by atoms with Crippen molar-refractivity contribution in [2.45, 2.75) is 0 Å². The quantitative estimate of drug-likeness (QED) is 0.147. The van der Waals surface area contributed by atoms with E-state index >= 15 is 0 Å². The number of rotatable bonds is 8. The van der Waals surface area contributed by atoms with Crippen LogP contribution in [0.2, 0.25) is 0 Å². The minimum Gasteiger partial charge on any atom is -0.310 e. The Bertz CT molecular complexity index is 2630. The molecule has 0 fully saturated rings. The maximum absolute atomic E-state index is 2.39. The Labute approximate surface area is 315 Å². The summed E-state index contributed by atoms with van der Waals surface area (Å²) in [5.41, 5.74) is 11.6. The van der Waals surface area contributed by atoms with E-state index in [-0.39, 0.29) is 0 Å². The van der Waals surface area contributed by atoms with E-state index in [2.05, 4.69) is 228 Å². The first-order valence-electron chi connectivity index (χ1n) is 18.5. The lowest BCUT2D eigenvalue weighted by Crippen LogP contribution is -2.11. The highest BCUT2D eigenvalue weighted by Crippen LogP contribution is 2.47. The first kappa shape index (κ1) is 31.6. The molecular weight excluding hydrogens is 653 g/mol. The topological polar surface area (TPSA) is 6.48 Å². The largest absolute Gasteiger partial charge is 0.310 e. The van der Waals surface area contributed by atoms with Gasteiger partial charge >= 0.3 is 0 Å². The third-order valence-corrected chi connectivity index (χ3v) is 10.6. The summed E-state index contributed by atoms with van der Waals surface area (Å²) in [6, 6.07) is 78.8. The van der Waals surface area contributed by atoms with Crippen molar-refractivity contribution in [2.75, 3.05) is 9.80 Å². The maximum Gasteiger partial charge on any atom is 0.0540 e. The number of para-hydroxylation sites is 2. The van der Waals surface area contributed by atoms with Crippen molar-refractivity contribution >= 4 is 66.4 Å². The number of hydrogen-bond acceptors (Lipinski definition) is 2. The van der Waals surface area contributed by atoms with E-state index in [1.807, 2.05) is 0 Å². The van der Waals surface area contributed by atoms with E-state index in [1.54, 1.807) is 0 Å². The van der Waals surface area contributed by atoms with Crippen LogP contribution in [-0.2, 0) is 0 Å². The first-order chi connectivity index (χ1) is 26.8. The third kappa shape index (κ3) is 5.53. The lowest BCUT2D eigenvalue weighted by Gasteiger charge is -2.29. The zero-order valence-corrected chi connectivity index (χ0v) is 29.7. The Balaban J connectivity index is 1.15. The van der Waals surface area contributed by atoms with Gasteiger partial charge in [0.15, 0.2) is 0 Å². The Morgan fingerprint density at radius 3 is 0.889 bits per heavy atom. The van der Waals surface area contributed by atoms with Gasteiger partial charge in [0.05, 0.1) is 11.4 Å². The van der Waals surface area contributed by atoms with E-state index in [0.717, 1.165) is 34.1 Å². The summed E-state index contributed by atoms with van der Waals surface area (Å²) in [6.45, 7) is 0. The van der Waals surface area contributed by atoms with E-state index in [0.29, 0.717) is 0 Å². The summed E-state index contributed by atoms with van der Waals surface area (Å²) in [6.07, 6.45) is 0. The Kier molecular flexibility index (Phi) is 7.85. The molecule has 0 amide bonds. The molecule has 10 aromatic carbocycles. The summed E-state index contributed by atoms with van der Waals surface area (Å²) in [7, 11) is 0. The van der Waals surface area contributed by atoms with Gasteiger partial charge in [0.1, 0.15) is 0 Å². The van der Waals surface area contributed by atoms with Crippen LogP contribution in [0.15, 0.2) is 218 Å². The highest BCUT2D eigenvalue weighted by Gasteiger charge is 2.21. The van der Waals surface area contributed by atoms with Gasteiger partial charge in [-0.15, -0.1) is 0 Å². The molecule has 0 N–H and O–H groups in total. The van der Waals surface area contributed by atoms with Crippen LogP contribution in [0.5, 0.6) is 0 Å². The summed E-state index contributed by atoms with van der Waals surface area (Å²) in [5.74, 6) is 0. The minimum absolute atomic E-state index is 1.12. The molecule has 0 atom stereocenters. The summed E-state index contributed by atoms with van der Waals surface area (Å²) < 4.78 is 0. The van der Waals surface area contributed by atoms with Crippen LogP contribution in [0.1, 0.15) is 0 Å². The molecule has 0 aromatic heterocycles. The SMILES string of the molecule is c1ccc(-c2ccc(N(c3ccccc3)c3ccc4ccc5c(N(c6ccccc6)c6ccc(-c7ccccc7)cc6)ccc6ccc3c4c65)cc2)cc1. The van der Waals surface area contributed by atoms with Gasteiger partial charge in [0.2, 0.25) is 0 Å². The first-order valence-corrected chi connectivity index (χ1v) is 18.5. The molecule has 0 aliphatic carbocycles. The molecule has 2 heteroatoms. The van der Waals surface area contributed by atoms with E-state index < -0.39 is 0 Å². The van der Waals surface area contributed by atoms with Crippen LogP contribution < -0.4 is 9.80 Å². The van der Waals surface area contributed by atoms with Crippen LogP contribution in [0.4, 0.5) is 34.1 Å². The number of benzene rings is 10. The fourth-order valence-electron chi connectivity index (χ4n) is 8.04. The zero-order chi connectivity index (χ0) is 35.8. The second-order valence-electron chi connectivity index (χ2n) is 13.8.